The highest BCUT2D eigenvalue weighted by atomic mass is 79.9. The van der Waals surface area contributed by atoms with E-state index in [4.69, 9.17) is 4.74 Å². The molecule has 1 saturated heterocycles. The normalized spacial score (nSPS) is 24.1. The zero-order valence-corrected chi connectivity index (χ0v) is 19.0. The van der Waals surface area contributed by atoms with Gasteiger partial charge >= 0.3 is 0 Å². The number of carbonyl (C=O) groups excluding carboxylic acids is 1. The first-order valence-corrected chi connectivity index (χ1v) is 11.6. The number of likely N-dealkylation sites (tertiary alicyclic amines) is 1. The molecule has 0 atom stereocenters. The summed E-state index contributed by atoms with van der Waals surface area (Å²) in [5.74, 6) is 2.68. The predicted molar refractivity (Wildman–Crippen MR) is 118 cm³/mol. The van der Waals surface area contributed by atoms with Crippen molar-refractivity contribution in [1.82, 2.24) is 10.2 Å². The van der Waals surface area contributed by atoms with Crippen LogP contribution in [-0.4, -0.2) is 43.6 Å². The van der Waals surface area contributed by atoms with Crippen molar-refractivity contribution in [2.24, 2.45) is 11.8 Å². The van der Waals surface area contributed by atoms with Gasteiger partial charge in [0.05, 0.1) is 7.11 Å². The third-order valence-electron chi connectivity index (χ3n) is 6.58. The minimum absolute atomic E-state index is 0.118. The fourth-order valence-electron chi connectivity index (χ4n) is 4.81. The lowest BCUT2D eigenvalue weighted by atomic mass is 9.83. The highest BCUT2D eigenvalue weighted by Gasteiger charge is 2.24. The smallest absolute Gasteiger partial charge is 0.217 e. The minimum atomic E-state index is 0.118. The molecule has 1 aromatic rings. The van der Waals surface area contributed by atoms with Crippen molar-refractivity contribution in [3.8, 4) is 5.75 Å². The fraction of sp³-hybridized carbons (Fsp3) is 0.696. The zero-order valence-electron chi connectivity index (χ0n) is 17.4. The quantitative estimate of drug-likeness (QED) is 0.648. The molecule has 2 aliphatic rings. The Balaban J connectivity index is 1.35. The molecule has 1 aromatic carbocycles. The van der Waals surface area contributed by atoms with Crippen LogP contribution in [0.5, 0.6) is 5.75 Å². The summed E-state index contributed by atoms with van der Waals surface area (Å²) in [5.41, 5.74) is 1.37. The molecule has 28 heavy (non-hydrogen) atoms. The molecule has 156 valence electrons. The highest BCUT2D eigenvalue weighted by molar-refractivity contribution is 9.10. The maximum absolute atomic E-state index is 11.2. The molecule has 2 fully saturated rings. The largest absolute Gasteiger partial charge is 0.497 e. The molecule has 4 nitrogen and oxygen atoms in total. The van der Waals surface area contributed by atoms with Crippen molar-refractivity contribution < 1.29 is 9.53 Å². The average Bonchev–Trinajstić information content (AvgIpc) is 2.70. The van der Waals surface area contributed by atoms with E-state index in [9.17, 15) is 4.79 Å². The number of hydrogen-bond acceptors (Lipinski definition) is 3. The van der Waals surface area contributed by atoms with Crippen LogP contribution in [0.2, 0.25) is 0 Å². The van der Waals surface area contributed by atoms with Crippen LogP contribution in [0.4, 0.5) is 0 Å². The second kappa shape index (κ2) is 10.6. The third-order valence-corrected chi connectivity index (χ3v) is 7.35. The third kappa shape index (κ3) is 6.48. The Hall–Kier alpha value is -1.07. The first-order chi connectivity index (χ1) is 13.5. The summed E-state index contributed by atoms with van der Waals surface area (Å²) in [4.78, 5) is 13.9. The van der Waals surface area contributed by atoms with Crippen LogP contribution in [0.1, 0.15) is 57.4 Å². The van der Waals surface area contributed by atoms with Crippen molar-refractivity contribution in [2.45, 2.75) is 64.3 Å². The van der Waals surface area contributed by atoms with Gasteiger partial charge in [-0.2, -0.15) is 0 Å². The number of nitrogens with one attached hydrogen (secondary N) is 1. The molecule has 5 heteroatoms. The lowest BCUT2D eigenvalue weighted by Gasteiger charge is -2.34. The van der Waals surface area contributed by atoms with Crippen molar-refractivity contribution in [1.29, 1.82) is 0 Å². The van der Waals surface area contributed by atoms with Crippen LogP contribution in [0.25, 0.3) is 0 Å². The van der Waals surface area contributed by atoms with E-state index in [0.717, 1.165) is 36.8 Å². The average molecular weight is 451 g/mol. The molecule has 1 heterocycles. The van der Waals surface area contributed by atoms with Gasteiger partial charge in [0.2, 0.25) is 5.91 Å². The summed E-state index contributed by atoms with van der Waals surface area (Å²) in [6.07, 6.45) is 9.88. The minimum Gasteiger partial charge on any atom is -0.497 e. The van der Waals surface area contributed by atoms with Crippen LogP contribution in [0.3, 0.4) is 0 Å². The Morgan fingerprint density at radius 1 is 1.14 bits per heavy atom. The molecule has 0 spiro atoms. The molecule has 0 bridgehead atoms. The number of ether oxygens (including phenoxy) is 1. The van der Waals surface area contributed by atoms with Crippen LogP contribution >= 0.6 is 15.9 Å². The Kier molecular flexibility index (Phi) is 8.22. The summed E-state index contributed by atoms with van der Waals surface area (Å²) in [6, 6.07) is 6.71. The number of halogens is 1. The van der Waals surface area contributed by atoms with Gasteiger partial charge in [-0.25, -0.2) is 0 Å². The number of benzene rings is 1. The van der Waals surface area contributed by atoms with E-state index in [-0.39, 0.29) is 5.91 Å². The first kappa shape index (κ1) is 21.6. The second-order valence-electron chi connectivity index (χ2n) is 8.65. The zero-order chi connectivity index (χ0) is 19.9. The summed E-state index contributed by atoms with van der Waals surface area (Å²) in [6.45, 7) is 5.33. The van der Waals surface area contributed by atoms with E-state index in [0.29, 0.717) is 6.04 Å². The molecule has 1 amide bonds. The molecule has 1 N–H and O–H groups in total. The molecule has 0 aromatic heterocycles. The van der Waals surface area contributed by atoms with Gasteiger partial charge in [-0.15, -0.1) is 0 Å². The number of amides is 1. The summed E-state index contributed by atoms with van der Waals surface area (Å²) in [7, 11) is 1.73. The maximum atomic E-state index is 11.2. The number of methoxy groups -OCH3 is 1. The Morgan fingerprint density at radius 3 is 2.50 bits per heavy atom. The highest BCUT2D eigenvalue weighted by Crippen LogP contribution is 2.30. The van der Waals surface area contributed by atoms with E-state index in [1.807, 2.05) is 6.07 Å². The van der Waals surface area contributed by atoms with Gasteiger partial charge in [-0.3, -0.25) is 4.79 Å². The maximum Gasteiger partial charge on any atom is 0.217 e. The molecule has 0 unspecified atom stereocenters. The van der Waals surface area contributed by atoms with Gasteiger partial charge in [0.15, 0.2) is 0 Å². The summed E-state index contributed by atoms with van der Waals surface area (Å²) < 4.78 is 6.58. The van der Waals surface area contributed by atoms with E-state index < -0.39 is 0 Å². The van der Waals surface area contributed by atoms with E-state index in [1.165, 1.54) is 61.8 Å². The molecule has 1 saturated carbocycles. The van der Waals surface area contributed by atoms with Gasteiger partial charge < -0.3 is 15.0 Å². The first-order valence-electron chi connectivity index (χ1n) is 10.9. The molecule has 1 aliphatic heterocycles. The molecule has 3 rings (SSSR count). The number of carbonyl (C=O) groups is 1. The standard InChI is InChI=1S/C23H35BrN2O2/c1-17(27)25-21-5-3-18(4-6-21)9-12-26-13-10-19(11-14-26)15-20-16-22(28-2)7-8-23(20)24/h7-8,16,18-19,21H,3-6,9-15H2,1-2H3,(H,25,27)/t18-,21-. The molecule has 0 radical (unpaired) electrons. The van der Waals surface area contributed by atoms with Gasteiger partial charge in [0, 0.05) is 17.4 Å². The molecule has 1 aliphatic carbocycles. The van der Waals surface area contributed by atoms with Crippen molar-refractivity contribution in [3.63, 3.8) is 0 Å². The van der Waals surface area contributed by atoms with Gasteiger partial charge in [-0.05, 0) is 107 Å². The van der Waals surface area contributed by atoms with Gasteiger partial charge in [-0.1, -0.05) is 15.9 Å². The number of rotatable bonds is 7. The summed E-state index contributed by atoms with van der Waals surface area (Å²) in [5, 5.41) is 3.08. The van der Waals surface area contributed by atoms with Gasteiger partial charge in [0.1, 0.15) is 5.75 Å². The Morgan fingerprint density at radius 2 is 1.86 bits per heavy atom. The Labute approximate surface area is 178 Å². The van der Waals surface area contributed by atoms with Crippen LogP contribution in [-0.2, 0) is 11.2 Å². The van der Waals surface area contributed by atoms with Crippen LogP contribution < -0.4 is 10.1 Å². The number of nitrogens with zero attached hydrogens (tertiary/aromatic N) is 1. The topological polar surface area (TPSA) is 41.6 Å². The van der Waals surface area contributed by atoms with E-state index >= 15 is 0 Å². The van der Waals surface area contributed by atoms with Crippen LogP contribution in [0.15, 0.2) is 22.7 Å². The second-order valence-corrected chi connectivity index (χ2v) is 9.51. The van der Waals surface area contributed by atoms with E-state index in [1.54, 1.807) is 14.0 Å². The monoisotopic (exact) mass is 450 g/mol. The lowest BCUT2D eigenvalue weighted by molar-refractivity contribution is -0.119. The molecular formula is C23H35BrN2O2. The van der Waals surface area contributed by atoms with Crippen LogP contribution in [0, 0.1) is 11.8 Å². The van der Waals surface area contributed by atoms with Gasteiger partial charge in [0.25, 0.3) is 0 Å². The van der Waals surface area contributed by atoms with Crippen molar-refractivity contribution in [3.05, 3.63) is 28.2 Å². The summed E-state index contributed by atoms with van der Waals surface area (Å²) >= 11 is 3.70. The van der Waals surface area contributed by atoms with Crippen molar-refractivity contribution in [2.75, 3.05) is 26.7 Å². The lowest BCUT2D eigenvalue weighted by Crippen LogP contribution is -2.38. The predicted octanol–water partition coefficient (Wildman–Crippen LogP) is 4.80. The Bertz CT molecular complexity index is 635. The molecular weight excluding hydrogens is 416 g/mol. The van der Waals surface area contributed by atoms with Crippen molar-refractivity contribution >= 4 is 21.8 Å². The fourth-order valence-corrected chi connectivity index (χ4v) is 5.22. The number of hydrogen-bond donors (Lipinski definition) is 1. The number of piperidine rings is 1. The van der Waals surface area contributed by atoms with E-state index in [2.05, 4.69) is 38.3 Å². The SMILES string of the molecule is COc1ccc(Br)c(CC2CCN(CC[C@H]3CC[C@H](NC(C)=O)CC3)CC2)c1.